The van der Waals surface area contributed by atoms with Gasteiger partial charge in [-0.15, -0.1) is 0 Å². The molecule has 0 atom stereocenters. The number of hydrogen-bond donors (Lipinski definition) is 1. The summed E-state index contributed by atoms with van der Waals surface area (Å²) in [5, 5.41) is 6.46. The third-order valence-electron chi connectivity index (χ3n) is 3.34. The fourth-order valence-electron chi connectivity index (χ4n) is 2.11. The first-order valence-electron chi connectivity index (χ1n) is 6.64. The summed E-state index contributed by atoms with van der Waals surface area (Å²) in [6.07, 6.45) is -0.0300. The Bertz CT molecular complexity index is 886. The van der Waals surface area contributed by atoms with E-state index in [0.717, 1.165) is 12.1 Å². The number of alkyl halides is 3. The minimum Gasteiger partial charge on any atom is -0.322 e. The highest BCUT2D eigenvalue weighted by Crippen LogP contribution is 2.32. The van der Waals surface area contributed by atoms with Gasteiger partial charge in [0.1, 0.15) is 5.56 Å². The van der Waals surface area contributed by atoms with Crippen LogP contribution in [-0.4, -0.2) is 20.5 Å². The van der Waals surface area contributed by atoms with Gasteiger partial charge in [-0.3, -0.25) is 4.79 Å². The molecule has 0 spiro atoms. The van der Waals surface area contributed by atoms with Crippen LogP contribution in [0.1, 0.15) is 21.5 Å². The topological polar surface area (TPSA) is 59.3 Å². The highest BCUT2D eigenvalue weighted by atomic mass is 19.4. The van der Waals surface area contributed by atoms with Crippen molar-refractivity contribution in [3.05, 3.63) is 59.5 Å². The highest BCUT2D eigenvalue weighted by molar-refractivity contribution is 6.08. The molecule has 3 aromatic rings. The largest absolute Gasteiger partial charge is 0.416 e. The van der Waals surface area contributed by atoms with E-state index in [4.69, 9.17) is 0 Å². The lowest BCUT2D eigenvalue weighted by atomic mass is 10.1. The van der Waals surface area contributed by atoms with Crippen LogP contribution in [0.3, 0.4) is 0 Å². The first-order chi connectivity index (χ1) is 10.9. The van der Waals surface area contributed by atoms with Gasteiger partial charge >= 0.3 is 6.18 Å². The van der Waals surface area contributed by atoms with E-state index < -0.39 is 17.6 Å². The quantitative estimate of drug-likeness (QED) is 0.788. The van der Waals surface area contributed by atoms with Crippen molar-refractivity contribution < 1.29 is 18.0 Å². The fourth-order valence-corrected chi connectivity index (χ4v) is 2.11. The van der Waals surface area contributed by atoms with Crippen LogP contribution in [0.4, 0.5) is 18.9 Å². The number of halogens is 3. The van der Waals surface area contributed by atoms with Gasteiger partial charge in [0.25, 0.3) is 5.91 Å². The van der Waals surface area contributed by atoms with Crippen molar-refractivity contribution in [1.82, 2.24) is 14.6 Å². The van der Waals surface area contributed by atoms with E-state index in [1.54, 1.807) is 19.2 Å². The van der Waals surface area contributed by atoms with E-state index in [0.29, 0.717) is 11.2 Å². The molecular weight excluding hydrogens is 309 g/mol. The summed E-state index contributed by atoms with van der Waals surface area (Å²) >= 11 is 0. The van der Waals surface area contributed by atoms with Crippen LogP contribution in [0.25, 0.3) is 5.65 Å². The second-order valence-electron chi connectivity index (χ2n) is 4.93. The molecule has 1 aromatic carbocycles. The molecule has 118 valence electrons. The average Bonchev–Trinajstić information content (AvgIpc) is 2.92. The molecule has 0 aliphatic carbocycles. The van der Waals surface area contributed by atoms with Gasteiger partial charge < -0.3 is 5.32 Å². The van der Waals surface area contributed by atoms with Crippen molar-refractivity contribution in [2.75, 3.05) is 5.32 Å². The highest BCUT2D eigenvalue weighted by Gasteiger charge is 2.31. The molecule has 2 heterocycles. The lowest BCUT2D eigenvalue weighted by Crippen LogP contribution is -2.14. The number of nitrogens with zero attached hydrogens (tertiary/aromatic N) is 3. The van der Waals surface area contributed by atoms with Crippen LogP contribution >= 0.6 is 0 Å². The molecule has 0 radical (unpaired) electrons. The van der Waals surface area contributed by atoms with Crippen molar-refractivity contribution in [3.63, 3.8) is 0 Å². The maximum atomic E-state index is 12.8. The summed E-state index contributed by atoms with van der Waals surface area (Å²) in [5.41, 5.74) is 0.310. The Hall–Kier alpha value is -2.90. The molecule has 0 saturated carbocycles. The van der Waals surface area contributed by atoms with Gasteiger partial charge in [-0.05, 0) is 30.7 Å². The molecule has 1 amide bonds. The minimum atomic E-state index is -4.47. The van der Waals surface area contributed by atoms with Crippen molar-refractivity contribution in [2.24, 2.45) is 0 Å². The number of benzene rings is 1. The van der Waals surface area contributed by atoms with Crippen LogP contribution in [-0.2, 0) is 6.18 Å². The van der Waals surface area contributed by atoms with Crippen LogP contribution in [0.2, 0.25) is 0 Å². The average molecular weight is 320 g/mol. The predicted octanol–water partition coefficient (Wildman–Crippen LogP) is 3.31. The molecule has 0 unspecified atom stereocenters. The van der Waals surface area contributed by atoms with Gasteiger partial charge in [-0.2, -0.15) is 18.3 Å². The van der Waals surface area contributed by atoms with Crippen molar-refractivity contribution in [3.8, 4) is 0 Å². The Labute approximate surface area is 128 Å². The molecule has 0 fully saturated rings. The molecule has 5 nitrogen and oxygen atoms in total. The van der Waals surface area contributed by atoms with E-state index in [1.807, 2.05) is 0 Å². The number of amides is 1. The molecule has 0 saturated heterocycles. The zero-order chi connectivity index (χ0) is 16.6. The van der Waals surface area contributed by atoms with Gasteiger partial charge in [0.05, 0.1) is 11.8 Å². The van der Waals surface area contributed by atoms with Crippen molar-refractivity contribution in [2.45, 2.75) is 13.1 Å². The third-order valence-corrected chi connectivity index (χ3v) is 3.34. The Kier molecular flexibility index (Phi) is 3.51. The Morgan fingerprint density at radius 1 is 1.30 bits per heavy atom. The molecule has 0 bridgehead atoms. The monoisotopic (exact) mass is 320 g/mol. The smallest absolute Gasteiger partial charge is 0.322 e. The molecule has 0 aliphatic rings. The van der Waals surface area contributed by atoms with Crippen LogP contribution in [0, 0.1) is 6.92 Å². The molecule has 0 aliphatic heterocycles. The predicted molar refractivity (Wildman–Crippen MR) is 77.1 cm³/mol. The molecule has 1 N–H and O–H groups in total. The van der Waals surface area contributed by atoms with Crippen LogP contribution < -0.4 is 5.32 Å². The maximum Gasteiger partial charge on any atom is 0.416 e. The second kappa shape index (κ2) is 5.38. The van der Waals surface area contributed by atoms with E-state index in [2.05, 4.69) is 15.4 Å². The third kappa shape index (κ3) is 2.87. The number of carbonyl (C=O) groups excluding carboxylic acids is 1. The van der Waals surface area contributed by atoms with E-state index >= 15 is 0 Å². The Balaban J connectivity index is 1.94. The molecule has 3 rings (SSSR count). The zero-order valence-corrected chi connectivity index (χ0v) is 11.9. The summed E-state index contributed by atoms with van der Waals surface area (Å²) in [5.74, 6) is -0.568. The summed E-state index contributed by atoms with van der Waals surface area (Å²) in [4.78, 5) is 16.4. The maximum absolute atomic E-state index is 12.8. The zero-order valence-electron chi connectivity index (χ0n) is 11.9. The van der Waals surface area contributed by atoms with Crippen LogP contribution in [0.5, 0.6) is 0 Å². The Morgan fingerprint density at radius 3 is 2.83 bits per heavy atom. The lowest BCUT2D eigenvalue weighted by molar-refractivity contribution is -0.137. The number of aromatic nitrogens is 3. The number of fused-ring (bicyclic) bond motifs is 1. The van der Waals surface area contributed by atoms with Gasteiger partial charge in [-0.1, -0.05) is 6.07 Å². The number of aryl methyl sites for hydroxylation is 1. The van der Waals surface area contributed by atoms with Gasteiger partial charge in [0, 0.05) is 18.1 Å². The second-order valence-corrected chi connectivity index (χ2v) is 4.93. The fraction of sp³-hybridized carbons (Fsp3) is 0.133. The van der Waals surface area contributed by atoms with Gasteiger partial charge in [-0.25, -0.2) is 9.50 Å². The SMILES string of the molecule is Cc1ccc(C(F)(F)F)cc1NC(=O)c1cnn2cccnc12. The molecule has 23 heavy (non-hydrogen) atoms. The number of hydrogen-bond acceptors (Lipinski definition) is 3. The van der Waals surface area contributed by atoms with Crippen molar-refractivity contribution in [1.29, 1.82) is 0 Å². The van der Waals surface area contributed by atoms with Gasteiger partial charge in [0.2, 0.25) is 0 Å². The summed E-state index contributed by atoms with van der Waals surface area (Å²) < 4.78 is 39.8. The normalized spacial score (nSPS) is 11.7. The first kappa shape index (κ1) is 15.0. The standard InChI is InChI=1S/C15H11F3N4O/c1-9-3-4-10(15(16,17)18)7-12(9)21-14(23)11-8-20-22-6-2-5-19-13(11)22/h2-8H,1H3,(H,21,23). The van der Waals surface area contributed by atoms with Crippen molar-refractivity contribution >= 4 is 17.2 Å². The minimum absolute atomic E-state index is 0.0973. The number of carbonyl (C=O) groups is 1. The summed E-state index contributed by atoms with van der Waals surface area (Å²) in [7, 11) is 0. The number of nitrogens with one attached hydrogen (secondary N) is 1. The summed E-state index contributed by atoms with van der Waals surface area (Å²) in [6.45, 7) is 1.62. The summed E-state index contributed by atoms with van der Waals surface area (Å²) in [6, 6.07) is 4.85. The van der Waals surface area contributed by atoms with E-state index in [-0.39, 0.29) is 11.3 Å². The van der Waals surface area contributed by atoms with E-state index in [1.165, 1.54) is 23.0 Å². The molecule has 8 heteroatoms. The molecule has 2 aromatic heterocycles. The molecular formula is C15H11F3N4O. The number of rotatable bonds is 2. The van der Waals surface area contributed by atoms with E-state index in [9.17, 15) is 18.0 Å². The van der Waals surface area contributed by atoms with Gasteiger partial charge in [0.15, 0.2) is 5.65 Å². The van der Waals surface area contributed by atoms with Crippen LogP contribution in [0.15, 0.2) is 42.9 Å². The Morgan fingerprint density at radius 2 is 2.09 bits per heavy atom. The lowest BCUT2D eigenvalue weighted by Gasteiger charge is -2.12. The number of anilines is 1. The first-order valence-corrected chi connectivity index (χ1v) is 6.64.